The number of carbonyl (C=O) groups excluding carboxylic acids is 1. The number of methoxy groups -OCH3 is 1. The molecule has 1 aromatic heterocycles. The molecule has 30 heavy (non-hydrogen) atoms. The Balaban J connectivity index is 1.64. The fraction of sp³-hybridized carbons (Fsp3) is 0.375. The average molecular weight is 410 g/mol. The molecule has 1 N–H and O–H groups in total. The van der Waals surface area contributed by atoms with Gasteiger partial charge in [-0.05, 0) is 50.1 Å². The number of aryl methyl sites for hydroxylation is 1. The molecule has 2 heterocycles. The number of hydrogen-bond acceptors (Lipinski definition) is 3. The van der Waals surface area contributed by atoms with Gasteiger partial charge in [-0.3, -0.25) is 4.79 Å². The maximum Gasteiger partial charge on any atom is 0.235 e. The number of fused-ring (bicyclic) bond motifs is 1. The first-order valence-corrected chi connectivity index (χ1v) is 10.3. The molecule has 1 aliphatic rings. The van der Waals surface area contributed by atoms with E-state index in [4.69, 9.17) is 9.47 Å². The fourth-order valence-corrected chi connectivity index (χ4v) is 4.40. The lowest BCUT2D eigenvalue weighted by Crippen LogP contribution is -2.45. The summed E-state index contributed by atoms with van der Waals surface area (Å²) in [6.45, 7) is 4.33. The third-order valence-electron chi connectivity index (χ3n) is 6.06. The summed E-state index contributed by atoms with van der Waals surface area (Å²) in [5.74, 6) is -0.540. The van der Waals surface area contributed by atoms with E-state index >= 15 is 0 Å². The lowest BCUT2D eigenvalue weighted by molar-refractivity contribution is -0.125. The molecule has 0 atom stereocenters. The Bertz CT molecular complexity index is 1050. The second-order valence-electron chi connectivity index (χ2n) is 7.83. The van der Waals surface area contributed by atoms with E-state index in [0.29, 0.717) is 43.9 Å². The van der Waals surface area contributed by atoms with Crippen molar-refractivity contribution >= 4 is 22.5 Å². The Hall–Kier alpha value is -2.70. The second kappa shape index (κ2) is 8.58. The minimum Gasteiger partial charge on any atom is -0.383 e. The first-order valence-electron chi connectivity index (χ1n) is 10.3. The molecule has 0 unspecified atom stereocenters. The van der Waals surface area contributed by atoms with Gasteiger partial charge in [-0.2, -0.15) is 0 Å². The Morgan fingerprint density at radius 2 is 1.97 bits per heavy atom. The zero-order valence-corrected chi connectivity index (χ0v) is 17.4. The number of benzene rings is 2. The van der Waals surface area contributed by atoms with Crippen LogP contribution in [0.15, 0.2) is 48.5 Å². The second-order valence-corrected chi connectivity index (χ2v) is 7.83. The van der Waals surface area contributed by atoms with Crippen LogP contribution in [0.2, 0.25) is 0 Å². The number of carbonyl (C=O) groups is 1. The molecule has 1 aliphatic heterocycles. The molecule has 6 heteroatoms. The van der Waals surface area contributed by atoms with Crippen molar-refractivity contribution < 1.29 is 18.7 Å². The van der Waals surface area contributed by atoms with Crippen molar-refractivity contribution in [2.75, 3.05) is 32.2 Å². The van der Waals surface area contributed by atoms with E-state index in [0.717, 1.165) is 23.1 Å². The summed E-state index contributed by atoms with van der Waals surface area (Å²) in [7, 11) is 1.69. The van der Waals surface area contributed by atoms with Gasteiger partial charge < -0.3 is 19.4 Å². The highest BCUT2D eigenvalue weighted by atomic mass is 19.1. The van der Waals surface area contributed by atoms with Crippen LogP contribution in [0.25, 0.3) is 10.9 Å². The van der Waals surface area contributed by atoms with E-state index in [-0.39, 0.29) is 11.7 Å². The number of aromatic nitrogens is 1. The number of ether oxygens (including phenoxy) is 2. The SMILES string of the molecule is COCCn1c(C)cc2cc(NC(=O)C3(c4ccccc4F)CCOCC3)ccc21. The summed E-state index contributed by atoms with van der Waals surface area (Å²) >= 11 is 0. The number of rotatable bonds is 6. The monoisotopic (exact) mass is 410 g/mol. The quantitative estimate of drug-likeness (QED) is 0.654. The van der Waals surface area contributed by atoms with Crippen LogP contribution in [-0.2, 0) is 26.2 Å². The molecule has 1 amide bonds. The van der Waals surface area contributed by atoms with Crippen molar-refractivity contribution in [3.05, 3.63) is 65.6 Å². The topological polar surface area (TPSA) is 52.5 Å². The van der Waals surface area contributed by atoms with Crippen LogP contribution in [0.1, 0.15) is 24.1 Å². The van der Waals surface area contributed by atoms with Gasteiger partial charge in [0.15, 0.2) is 0 Å². The number of halogens is 1. The molecule has 2 aromatic carbocycles. The van der Waals surface area contributed by atoms with Crippen LogP contribution in [0.3, 0.4) is 0 Å². The van der Waals surface area contributed by atoms with Gasteiger partial charge in [0.25, 0.3) is 0 Å². The number of nitrogens with zero attached hydrogens (tertiary/aromatic N) is 1. The van der Waals surface area contributed by atoms with E-state index < -0.39 is 5.41 Å². The zero-order chi connectivity index (χ0) is 21.1. The Morgan fingerprint density at radius 3 is 2.70 bits per heavy atom. The molecule has 3 aromatic rings. The van der Waals surface area contributed by atoms with Crippen molar-refractivity contribution in [2.45, 2.75) is 31.7 Å². The van der Waals surface area contributed by atoms with Crippen molar-refractivity contribution in [3.63, 3.8) is 0 Å². The van der Waals surface area contributed by atoms with Gasteiger partial charge >= 0.3 is 0 Å². The van der Waals surface area contributed by atoms with Crippen LogP contribution in [0, 0.1) is 12.7 Å². The molecular weight excluding hydrogens is 383 g/mol. The minimum absolute atomic E-state index is 0.189. The molecule has 1 fully saturated rings. The molecule has 0 radical (unpaired) electrons. The van der Waals surface area contributed by atoms with E-state index in [2.05, 4.69) is 22.9 Å². The molecule has 1 saturated heterocycles. The molecule has 0 bridgehead atoms. The highest BCUT2D eigenvalue weighted by Crippen LogP contribution is 2.38. The van der Waals surface area contributed by atoms with E-state index in [9.17, 15) is 9.18 Å². The van der Waals surface area contributed by atoms with Gasteiger partial charge in [0.2, 0.25) is 5.91 Å². The maximum atomic E-state index is 14.6. The molecule has 158 valence electrons. The van der Waals surface area contributed by atoms with Crippen molar-refractivity contribution in [1.82, 2.24) is 4.57 Å². The van der Waals surface area contributed by atoms with Gasteiger partial charge in [-0.1, -0.05) is 18.2 Å². The summed E-state index contributed by atoms with van der Waals surface area (Å²) in [6.07, 6.45) is 0.906. The Kier molecular flexibility index (Phi) is 5.88. The van der Waals surface area contributed by atoms with Gasteiger partial charge in [-0.15, -0.1) is 0 Å². The molecule has 0 spiro atoms. The van der Waals surface area contributed by atoms with Gasteiger partial charge in [0.05, 0.1) is 12.0 Å². The first kappa shape index (κ1) is 20.6. The smallest absolute Gasteiger partial charge is 0.235 e. The summed E-state index contributed by atoms with van der Waals surface area (Å²) in [5.41, 5.74) is 2.45. The normalized spacial score (nSPS) is 16.0. The van der Waals surface area contributed by atoms with E-state index in [1.54, 1.807) is 25.3 Å². The van der Waals surface area contributed by atoms with Gasteiger partial charge in [0, 0.05) is 54.7 Å². The number of nitrogens with one attached hydrogen (secondary N) is 1. The highest BCUT2D eigenvalue weighted by molar-refractivity contribution is 6.00. The Labute approximate surface area is 175 Å². The third-order valence-corrected chi connectivity index (χ3v) is 6.06. The molecule has 5 nitrogen and oxygen atoms in total. The fourth-order valence-electron chi connectivity index (χ4n) is 4.40. The zero-order valence-electron chi connectivity index (χ0n) is 17.4. The number of amides is 1. The first-order chi connectivity index (χ1) is 14.5. The highest BCUT2D eigenvalue weighted by Gasteiger charge is 2.43. The van der Waals surface area contributed by atoms with Crippen molar-refractivity contribution in [1.29, 1.82) is 0 Å². The van der Waals surface area contributed by atoms with E-state index in [1.165, 1.54) is 6.07 Å². The summed E-state index contributed by atoms with van der Waals surface area (Å²) in [5, 5.41) is 4.10. The lowest BCUT2D eigenvalue weighted by atomic mass is 9.73. The van der Waals surface area contributed by atoms with Crippen LogP contribution in [-0.4, -0.2) is 37.4 Å². The predicted molar refractivity (Wildman–Crippen MR) is 115 cm³/mol. The Morgan fingerprint density at radius 1 is 1.20 bits per heavy atom. The minimum atomic E-state index is -0.932. The predicted octanol–water partition coefficient (Wildman–Crippen LogP) is 4.42. The lowest BCUT2D eigenvalue weighted by Gasteiger charge is -2.36. The maximum absolute atomic E-state index is 14.6. The molecule has 4 rings (SSSR count). The van der Waals surface area contributed by atoms with Crippen LogP contribution in [0.4, 0.5) is 10.1 Å². The van der Waals surface area contributed by atoms with Gasteiger partial charge in [0.1, 0.15) is 5.82 Å². The third kappa shape index (κ3) is 3.73. The van der Waals surface area contributed by atoms with E-state index in [1.807, 2.05) is 18.2 Å². The van der Waals surface area contributed by atoms with Crippen molar-refractivity contribution in [3.8, 4) is 0 Å². The van der Waals surface area contributed by atoms with Crippen LogP contribution < -0.4 is 5.32 Å². The summed E-state index contributed by atoms with van der Waals surface area (Å²) < 4.78 is 27.5. The largest absolute Gasteiger partial charge is 0.383 e. The molecule has 0 aliphatic carbocycles. The number of anilines is 1. The average Bonchev–Trinajstić information content (AvgIpc) is 3.07. The van der Waals surface area contributed by atoms with Crippen LogP contribution in [0.5, 0.6) is 0 Å². The molecular formula is C24H27FN2O3. The number of hydrogen-bond donors (Lipinski definition) is 1. The summed E-state index contributed by atoms with van der Waals surface area (Å²) in [6, 6.07) is 14.5. The summed E-state index contributed by atoms with van der Waals surface area (Å²) in [4.78, 5) is 13.4. The van der Waals surface area contributed by atoms with Crippen LogP contribution >= 0.6 is 0 Å². The van der Waals surface area contributed by atoms with Gasteiger partial charge in [-0.25, -0.2) is 4.39 Å². The molecule has 0 saturated carbocycles. The van der Waals surface area contributed by atoms with Crippen molar-refractivity contribution in [2.24, 2.45) is 0 Å². The standard InChI is InChI=1S/C24H27FN2O3/c1-17-15-18-16-19(7-8-22(18)27(17)11-14-29-2)26-23(28)24(9-12-30-13-10-24)20-5-3-4-6-21(20)25/h3-8,15-16H,9-14H2,1-2H3,(H,26,28).